The summed E-state index contributed by atoms with van der Waals surface area (Å²) in [5.41, 5.74) is -0.495. The molecule has 3 rings (SSSR count). The second-order valence-corrected chi connectivity index (χ2v) is 9.01. The maximum atomic E-state index is 12.6. The number of carbonyl (C=O) groups is 1. The van der Waals surface area contributed by atoms with E-state index in [9.17, 15) is 4.79 Å². The van der Waals surface area contributed by atoms with Crippen LogP contribution in [0.5, 0.6) is 0 Å². The van der Waals surface area contributed by atoms with Crippen molar-refractivity contribution in [1.29, 1.82) is 0 Å². The third kappa shape index (κ3) is 5.23. The van der Waals surface area contributed by atoms with E-state index >= 15 is 0 Å². The molecule has 0 aromatic carbocycles. The van der Waals surface area contributed by atoms with Crippen LogP contribution in [-0.2, 0) is 22.4 Å². The van der Waals surface area contributed by atoms with Gasteiger partial charge in [0.25, 0.3) is 0 Å². The van der Waals surface area contributed by atoms with Crippen molar-refractivity contribution < 1.29 is 14.3 Å². The molecule has 0 unspecified atom stereocenters. The molecule has 8 nitrogen and oxygen atoms in total. The molecule has 1 amide bonds. The van der Waals surface area contributed by atoms with Gasteiger partial charge in [0.1, 0.15) is 17.2 Å². The number of nitrogens with zero attached hydrogens (tertiary/aromatic N) is 4. The Hall–Kier alpha value is -1.67. The van der Waals surface area contributed by atoms with Crippen LogP contribution in [0.15, 0.2) is 0 Å². The number of aromatic nitrogens is 3. The average Bonchev–Trinajstić information content (AvgIpc) is 3.04. The molecule has 1 aromatic rings. The zero-order chi connectivity index (χ0) is 20.3. The lowest BCUT2D eigenvalue weighted by Crippen LogP contribution is -2.52. The summed E-state index contributed by atoms with van der Waals surface area (Å²) in [7, 11) is 0. The fraction of sp³-hybridized carbons (Fsp3) is 0.850. The lowest BCUT2D eigenvalue weighted by atomic mass is 10.1. The lowest BCUT2D eigenvalue weighted by Gasteiger charge is -2.38. The topological polar surface area (TPSA) is 81.5 Å². The number of aryl methyl sites for hydroxylation is 1. The highest BCUT2D eigenvalue weighted by Crippen LogP contribution is 2.21. The number of rotatable bonds is 5. The number of morpholine rings is 1. The SMILES string of the molecule is C[C@H](C[C@@H]1COCCN1C(=O)OC(C)(C)C)N[C@H](C)c1nnc2n1CCCC2. The number of amides is 1. The van der Waals surface area contributed by atoms with Crippen molar-refractivity contribution in [3.8, 4) is 0 Å². The molecule has 3 heterocycles. The maximum Gasteiger partial charge on any atom is 0.410 e. The van der Waals surface area contributed by atoms with E-state index in [-0.39, 0.29) is 24.2 Å². The van der Waals surface area contributed by atoms with Crippen LogP contribution >= 0.6 is 0 Å². The number of fused-ring (bicyclic) bond motifs is 1. The van der Waals surface area contributed by atoms with E-state index in [1.807, 2.05) is 25.7 Å². The summed E-state index contributed by atoms with van der Waals surface area (Å²) >= 11 is 0. The number of carbonyl (C=O) groups excluding carboxylic acids is 1. The Morgan fingerprint density at radius 1 is 1.29 bits per heavy atom. The summed E-state index contributed by atoms with van der Waals surface area (Å²) in [6, 6.07) is 0.308. The Morgan fingerprint density at radius 3 is 2.82 bits per heavy atom. The first-order valence-corrected chi connectivity index (χ1v) is 10.5. The Kier molecular flexibility index (Phi) is 6.60. The molecule has 1 saturated heterocycles. The van der Waals surface area contributed by atoms with Gasteiger partial charge in [-0.25, -0.2) is 4.79 Å². The van der Waals surface area contributed by atoms with Crippen molar-refractivity contribution >= 4 is 6.09 Å². The molecule has 28 heavy (non-hydrogen) atoms. The molecule has 0 aliphatic carbocycles. The van der Waals surface area contributed by atoms with E-state index in [2.05, 4.69) is 33.9 Å². The molecular weight excluding hydrogens is 358 g/mol. The minimum absolute atomic E-state index is 0.00520. The van der Waals surface area contributed by atoms with Crippen LogP contribution in [0, 0.1) is 0 Å². The quantitative estimate of drug-likeness (QED) is 0.828. The first-order valence-electron chi connectivity index (χ1n) is 10.5. The minimum atomic E-state index is -0.495. The van der Waals surface area contributed by atoms with E-state index in [0.717, 1.165) is 31.0 Å². The monoisotopic (exact) mass is 393 g/mol. The van der Waals surface area contributed by atoms with E-state index < -0.39 is 5.60 Å². The van der Waals surface area contributed by atoms with Crippen molar-refractivity contribution in [3.63, 3.8) is 0 Å². The first kappa shape index (κ1) is 21.0. The first-order chi connectivity index (χ1) is 13.2. The highest BCUT2D eigenvalue weighted by molar-refractivity contribution is 5.68. The van der Waals surface area contributed by atoms with Gasteiger partial charge in [0.15, 0.2) is 0 Å². The van der Waals surface area contributed by atoms with Gasteiger partial charge < -0.3 is 24.3 Å². The number of nitrogens with one attached hydrogen (secondary N) is 1. The highest BCUT2D eigenvalue weighted by Gasteiger charge is 2.32. The lowest BCUT2D eigenvalue weighted by molar-refractivity contribution is -0.0357. The van der Waals surface area contributed by atoms with Gasteiger partial charge in [0.2, 0.25) is 0 Å². The largest absolute Gasteiger partial charge is 0.444 e. The van der Waals surface area contributed by atoms with Crippen LogP contribution in [0.25, 0.3) is 0 Å². The van der Waals surface area contributed by atoms with Crippen LogP contribution in [-0.4, -0.2) is 63.2 Å². The van der Waals surface area contributed by atoms with Gasteiger partial charge in [-0.1, -0.05) is 0 Å². The summed E-state index contributed by atoms with van der Waals surface area (Å²) in [5.74, 6) is 2.10. The van der Waals surface area contributed by atoms with Crippen molar-refractivity contribution in [2.45, 2.75) is 90.6 Å². The average molecular weight is 394 g/mol. The molecule has 1 N–H and O–H groups in total. The van der Waals surface area contributed by atoms with Gasteiger partial charge >= 0.3 is 6.09 Å². The second-order valence-electron chi connectivity index (χ2n) is 9.01. The predicted octanol–water partition coefficient (Wildman–Crippen LogP) is 2.68. The van der Waals surface area contributed by atoms with Gasteiger partial charge in [-0.3, -0.25) is 0 Å². The summed E-state index contributed by atoms with van der Waals surface area (Å²) in [4.78, 5) is 14.4. The molecule has 8 heteroatoms. The molecule has 0 saturated carbocycles. The molecule has 2 aliphatic heterocycles. The van der Waals surface area contributed by atoms with E-state index in [0.29, 0.717) is 19.8 Å². The van der Waals surface area contributed by atoms with E-state index in [1.54, 1.807) is 0 Å². The fourth-order valence-electron chi connectivity index (χ4n) is 4.04. The van der Waals surface area contributed by atoms with Crippen molar-refractivity contribution in [3.05, 3.63) is 11.6 Å². The summed E-state index contributed by atoms with van der Waals surface area (Å²) in [5, 5.41) is 12.4. The van der Waals surface area contributed by atoms with Gasteiger partial charge in [0, 0.05) is 25.6 Å². The molecule has 3 atom stereocenters. The normalized spacial score (nSPS) is 22.5. The number of hydrogen-bond acceptors (Lipinski definition) is 6. The van der Waals surface area contributed by atoms with Gasteiger partial charge in [-0.05, 0) is 53.9 Å². The molecule has 2 aliphatic rings. The molecule has 158 valence electrons. The highest BCUT2D eigenvalue weighted by atomic mass is 16.6. The zero-order valence-electron chi connectivity index (χ0n) is 17.9. The van der Waals surface area contributed by atoms with Crippen LogP contribution in [0.4, 0.5) is 4.79 Å². The standard InChI is InChI=1S/C20H35N5O3/c1-14(21-15(2)18-23-22-17-8-6-7-9-25(17)18)12-16-13-27-11-10-24(16)19(26)28-20(3,4)5/h14-16,21H,6-13H2,1-5H3/t14-,15-,16-/m1/s1. The Bertz CT molecular complexity index is 669. The molecule has 0 bridgehead atoms. The molecule has 1 fully saturated rings. The Morgan fingerprint density at radius 2 is 2.07 bits per heavy atom. The third-order valence-electron chi connectivity index (χ3n) is 5.29. The summed E-state index contributed by atoms with van der Waals surface area (Å²) in [6.45, 7) is 12.6. The van der Waals surface area contributed by atoms with Crippen LogP contribution in [0.1, 0.15) is 71.6 Å². The number of ether oxygens (including phenoxy) is 2. The fourth-order valence-corrected chi connectivity index (χ4v) is 4.04. The minimum Gasteiger partial charge on any atom is -0.444 e. The molecule has 1 aromatic heterocycles. The zero-order valence-corrected chi connectivity index (χ0v) is 17.9. The smallest absolute Gasteiger partial charge is 0.410 e. The summed E-state index contributed by atoms with van der Waals surface area (Å²) < 4.78 is 13.5. The predicted molar refractivity (Wildman–Crippen MR) is 106 cm³/mol. The van der Waals surface area contributed by atoms with E-state index in [4.69, 9.17) is 9.47 Å². The third-order valence-corrected chi connectivity index (χ3v) is 5.29. The van der Waals surface area contributed by atoms with Crippen molar-refractivity contribution in [1.82, 2.24) is 25.0 Å². The van der Waals surface area contributed by atoms with Crippen LogP contribution in [0.2, 0.25) is 0 Å². The van der Waals surface area contributed by atoms with Gasteiger partial charge in [-0.15, -0.1) is 10.2 Å². The van der Waals surface area contributed by atoms with Crippen molar-refractivity contribution in [2.75, 3.05) is 19.8 Å². The molecular formula is C20H35N5O3. The molecule has 0 radical (unpaired) electrons. The van der Waals surface area contributed by atoms with Crippen LogP contribution in [0.3, 0.4) is 0 Å². The van der Waals surface area contributed by atoms with Crippen molar-refractivity contribution in [2.24, 2.45) is 0 Å². The van der Waals surface area contributed by atoms with Gasteiger partial charge in [0.05, 0.1) is 25.3 Å². The Labute approximate surface area is 168 Å². The van der Waals surface area contributed by atoms with Crippen LogP contribution < -0.4 is 5.32 Å². The molecule has 0 spiro atoms. The van der Waals surface area contributed by atoms with Gasteiger partial charge in [-0.2, -0.15) is 0 Å². The second kappa shape index (κ2) is 8.78. The van der Waals surface area contributed by atoms with E-state index in [1.165, 1.54) is 12.8 Å². The maximum absolute atomic E-state index is 12.6. The number of hydrogen-bond donors (Lipinski definition) is 1. The Balaban J connectivity index is 1.58. The summed E-state index contributed by atoms with van der Waals surface area (Å²) in [6.07, 6.45) is 3.93.